The molecule has 0 aromatic heterocycles. The highest BCUT2D eigenvalue weighted by Crippen LogP contribution is 2.40. The summed E-state index contributed by atoms with van der Waals surface area (Å²) in [5, 5.41) is 8.28. The predicted molar refractivity (Wildman–Crippen MR) is 29.7 cm³/mol. The van der Waals surface area contributed by atoms with E-state index in [1.807, 2.05) is 0 Å². The standard InChI is InChI=1S/C6H4F3NO2/c7-6(8,9)4(11)12-5(3-10)1-2-5/h1-2H2. The van der Waals surface area contributed by atoms with Crippen molar-refractivity contribution in [1.82, 2.24) is 0 Å². The lowest BCUT2D eigenvalue weighted by molar-refractivity contribution is -0.204. The van der Waals surface area contributed by atoms with E-state index in [9.17, 15) is 18.0 Å². The summed E-state index contributed by atoms with van der Waals surface area (Å²) in [6, 6.07) is 1.51. The zero-order valence-electron chi connectivity index (χ0n) is 5.81. The molecule has 12 heavy (non-hydrogen) atoms. The maximum Gasteiger partial charge on any atom is 0.490 e. The number of nitriles is 1. The largest absolute Gasteiger partial charge is 0.490 e. The second-order valence-electron chi connectivity index (χ2n) is 2.49. The van der Waals surface area contributed by atoms with Gasteiger partial charge in [0.05, 0.1) is 0 Å². The van der Waals surface area contributed by atoms with Gasteiger partial charge in [-0.1, -0.05) is 0 Å². The first-order valence-electron chi connectivity index (χ1n) is 3.11. The van der Waals surface area contributed by atoms with Crippen LogP contribution in [0.15, 0.2) is 0 Å². The first kappa shape index (κ1) is 8.84. The van der Waals surface area contributed by atoms with E-state index in [2.05, 4.69) is 4.74 Å². The van der Waals surface area contributed by atoms with Crippen molar-refractivity contribution in [2.24, 2.45) is 0 Å². The lowest BCUT2D eigenvalue weighted by Gasteiger charge is -2.09. The van der Waals surface area contributed by atoms with Crippen LogP contribution in [0.2, 0.25) is 0 Å². The molecule has 1 aliphatic carbocycles. The highest BCUT2D eigenvalue weighted by molar-refractivity contribution is 5.76. The van der Waals surface area contributed by atoms with Crippen LogP contribution in [0.1, 0.15) is 12.8 Å². The minimum Gasteiger partial charge on any atom is -0.437 e. The van der Waals surface area contributed by atoms with E-state index >= 15 is 0 Å². The maximum atomic E-state index is 11.6. The predicted octanol–water partition coefficient (Wildman–Crippen LogP) is 1.15. The van der Waals surface area contributed by atoms with Gasteiger partial charge in [-0.25, -0.2) is 4.79 Å². The molecule has 0 saturated heterocycles. The molecule has 6 heteroatoms. The smallest absolute Gasteiger partial charge is 0.437 e. The Hall–Kier alpha value is -1.25. The Balaban J connectivity index is 2.54. The Morgan fingerprint density at radius 1 is 1.50 bits per heavy atom. The lowest BCUT2D eigenvalue weighted by Crippen LogP contribution is -2.30. The Bertz CT molecular complexity index is 248. The van der Waals surface area contributed by atoms with Gasteiger partial charge in [0, 0.05) is 12.8 Å². The van der Waals surface area contributed by atoms with Crippen LogP contribution in [-0.4, -0.2) is 17.7 Å². The summed E-state index contributed by atoms with van der Waals surface area (Å²) in [4.78, 5) is 10.2. The molecule has 0 aliphatic heterocycles. The molecule has 0 spiro atoms. The molecule has 0 atom stereocenters. The van der Waals surface area contributed by atoms with E-state index in [-0.39, 0.29) is 12.8 Å². The van der Waals surface area contributed by atoms with Crippen LogP contribution < -0.4 is 0 Å². The van der Waals surface area contributed by atoms with Gasteiger partial charge < -0.3 is 4.74 Å². The Morgan fingerprint density at radius 2 is 2.00 bits per heavy atom. The number of esters is 1. The minimum atomic E-state index is -5.01. The van der Waals surface area contributed by atoms with E-state index in [1.54, 1.807) is 0 Å². The van der Waals surface area contributed by atoms with Gasteiger partial charge in [0.15, 0.2) is 5.60 Å². The molecule has 0 heterocycles. The summed E-state index contributed by atoms with van der Waals surface area (Å²) in [6.07, 6.45) is -4.64. The summed E-state index contributed by atoms with van der Waals surface area (Å²) in [5.41, 5.74) is -1.49. The molecule has 0 radical (unpaired) electrons. The SMILES string of the molecule is N#CC1(OC(=O)C(F)(F)F)CC1. The summed E-state index contributed by atoms with van der Waals surface area (Å²) in [6.45, 7) is 0. The number of hydrogen-bond acceptors (Lipinski definition) is 3. The second kappa shape index (κ2) is 2.37. The molecule has 66 valence electrons. The molecule has 0 amide bonds. The van der Waals surface area contributed by atoms with E-state index in [0.717, 1.165) is 0 Å². The molecular weight excluding hydrogens is 175 g/mol. The number of carbonyl (C=O) groups excluding carboxylic acids is 1. The van der Waals surface area contributed by atoms with Crippen LogP contribution in [0.3, 0.4) is 0 Å². The number of alkyl halides is 3. The lowest BCUT2D eigenvalue weighted by atomic mass is 10.4. The van der Waals surface area contributed by atoms with Crippen LogP contribution >= 0.6 is 0 Å². The van der Waals surface area contributed by atoms with Crippen molar-refractivity contribution in [2.45, 2.75) is 24.6 Å². The Labute approximate surface area is 65.7 Å². The van der Waals surface area contributed by atoms with Crippen molar-refractivity contribution in [3.8, 4) is 6.07 Å². The molecule has 1 saturated carbocycles. The number of halogens is 3. The molecule has 3 nitrogen and oxygen atoms in total. The Kier molecular flexibility index (Phi) is 1.75. The van der Waals surface area contributed by atoms with Crippen molar-refractivity contribution >= 4 is 5.97 Å². The molecular formula is C6H4F3NO2. The van der Waals surface area contributed by atoms with Crippen LogP contribution in [-0.2, 0) is 9.53 Å². The topological polar surface area (TPSA) is 50.1 Å². The zero-order valence-corrected chi connectivity index (χ0v) is 5.81. The third kappa shape index (κ3) is 1.67. The molecule has 0 aromatic rings. The normalized spacial score (nSPS) is 19.5. The molecule has 1 aliphatic rings. The van der Waals surface area contributed by atoms with E-state index in [4.69, 9.17) is 5.26 Å². The molecule has 0 N–H and O–H groups in total. The molecule has 0 bridgehead atoms. The van der Waals surface area contributed by atoms with Gasteiger partial charge in [-0.3, -0.25) is 0 Å². The first-order chi connectivity index (χ1) is 5.40. The molecule has 1 fully saturated rings. The van der Waals surface area contributed by atoms with Gasteiger partial charge in [-0.05, 0) is 0 Å². The summed E-state index contributed by atoms with van der Waals surface area (Å²) in [5.74, 6) is -2.29. The number of rotatable bonds is 1. The van der Waals surface area contributed by atoms with Gasteiger partial charge in [0.2, 0.25) is 0 Å². The third-order valence-corrected chi connectivity index (χ3v) is 1.43. The number of ether oxygens (including phenoxy) is 1. The average Bonchev–Trinajstić information content (AvgIpc) is 2.67. The van der Waals surface area contributed by atoms with Crippen molar-refractivity contribution in [3.05, 3.63) is 0 Å². The number of hydrogen-bond donors (Lipinski definition) is 0. The summed E-state index contributed by atoms with van der Waals surface area (Å²) in [7, 11) is 0. The van der Waals surface area contributed by atoms with Crippen molar-refractivity contribution in [1.29, 1.82) is 5.26 Å². The number of carbonyl (C=O) groups is 1. The van der Waals surface area contributed by atoms with E-state index in [1.165, 1.54) is 6.07 Å². The Morgan fingerprint density at radius 3 is 2.25 bits per heavy atom. The monoisotopic (exact) mass is 179 g/mol. The van der Waals surface area contributed by atoms with Gasteiger partial charge in [0.1, 0.15) is 6.07 Å². The second-order valence-corrected chi connectivity index (χ2v) is 2.49. The maximum absolute atomic E-state index is 11.6. The van der Waals surface area contributed by atoms with Gasteiger partial charge in [0.25, 0.3) is 0 Å². The van der Waals surface area contributed by atoms with E-state index in [0.29, 0.717) is 0 Å². The fourth-order valence-electron chi connectivity index (χ4n) is 0.586. The van der Waals surface area contributed by atoms with Gasteiger partial charge >= 0.3 is 12.1 Å². The zero-order chi connectivity index (χ0) is 9.41. The minimum absolute atomic E-state index is 0.186. The van der Waals surface area contributed by atoms with E-state index < -0.39 is 17.7 Å². The highest BCUT2D eigenvalue weighted by atomic mass is 19.4. The fraction of sp³-hybridized carbons (Fsp3) is 0.667. The van der Waals surface area contributed by atoms with Crippen LogP contribution in [0.5, 0.6) is 0 Å². The van der Waals surface area contributed by atoms with Crippen molar-refractivity contribution in [3.63, 3.8) is 0 Å². The highest BCUT2D eigenvalue weighted by Gasteiger charge is 2.53. The van der Waals surface area contributed by atoms with Crippen LogP contribution in [0.4, 0.5) is 13.2 Å². The third-order valence-electron chi connectivity index (χ3n) is 1.43. The van der Waals surface area contributed by atoms with Crippen LogP contribution in [0, 0.1) is 11.3 Å². The van der Waals surface area contributed by atoms with Crippen molar-refractivity contribution in [2.75, 3.05) is 0 Å². The first-order valence-corrected chi connectivity index (χ1v) is 3.11. The quantitative estimate of drug-likeness (QED) is 0.567. The molecule has 0 aromatic carbocycles. The number of nitrogens with zero attached hydrogens (tertiary/aromatic N) is 1. The average molecular weight is 179 g/mol. The fourth-order valence-corrected chi connectivity index (χ4v) is 0.586. The summed E-state index contributed by atoms with van der Waals surface area (Å²) < 4.78 is 38.6. The van der Waals surface area contributed by atoms with Crippen LogP contribution in [0.25, 0.3) is 0 Å². The van der Waals surface area contributed by atoms with Gasteiger partial charge in [-0.2, -0.15) is 18.4 Å². The van der Waals surface area contributed by atoms with Gasteiger partial charge in [-0.15, -0.1) is 0 Å². The molecule has 0 unspecified atom stereocenters. The molecule has 1 rings (SSSR count). The summed E-state index contributed by atoms with van der Waals surface area (Å²) >= 11 is 0. The van der Waals surface area contributed by atoms with Crippen molar-refractivity contribution < 1.29 is 22.7 Å².